The summed E-state index contributed by atoms with van der Waals surface area (Å²) in [4.78, 5) is 17.2. The van der Waals surface area contributed by atoms with Crippen molar-refractivity contribution in [3.8, 4) is 6.07 Å². The number of halogens is 4. The third-order valence-corrected chi connectivity index (χ3v) is 3.83. The number of nitriles is 1. The molecule has 1 fully saturated rings. The molecule has 0 atom stereocenters. The molecule has 1 aliphatic rings. The lowest BCUT2D eigenvalue weighted by Crippen LogP contribution is -2.37. The molecule has 9 heteroatoms. The lowest BCUT2D eigenvalue weighted by Gasteiger charge is -2.32. The Morgan fingerprint density at radius 2 is 2.13 bits per heavy atom. The Morgan fingerprint density at radius 1 is 1.48 bits per heavy atom. The van der Waals surface area contributed by atoms with Gasteiger partial charge < -0.3 is 9.64 Å². The maximum Gasteiger partial charge on any atom is 0.417 e. The number of anilines is 1. The molecule has 1 saturated heterocycles. The molecule has 0 N–H and O–H groups in total. The molecule has 124 valence electrons. The predicted octanol–water partition coefficient (Wildman–Crippen LogP) is 3.04. The minimum atomic E-state index is -4.49. The highest BCUT2D eigenvalue weighted by atomic mass is 35.5. The van der Waals surface area contributed by atoms with E-state index < -0.39 is 17.7 Å². The van der Waals surface area contributed by atoms with Gasteiger partial charge in [-0.3, -0.25) is 4.79 Å². The summed E-state index contributed by atoms with van der Waals surface area (Å²) in [7, 11) is 0. The van der Waals surface area contributed by atoms with Crippen LogP contribution < -0.4 is 4.90 Å². The third kappa shape index (κ3) is 4.26. The summed E-state index contributed by atoms with van der Waals surface area (Å²) in [5.74, 6) is -0.492. The number of rotatable bonds is 3. The normalized spacial score (nSPS) is 16.0. The Kier molecular flexibility index (Phi) is 5.31. The zero-order chi connectivity index (χ0) is 17.0. The van der Waals surface area contributed by atoms with E-state index >= 15 is 0 Å². The second-order valence-electron chi connectivity index (χ2n) is 5.05. The smallest absolute Gasteiger partial charge is 0.417 e. The second kappa shape index (κ2) is 7.04. The number of esters is 1. The van der Waals surface area contributed by atoms with Crippen molar-refractivity contribution < 1.29 is 22.7 Å². The van der Waals surface area contributed by atoms with Gasteiger partial charge in [0.1, 0.15) is 11.9 Å². The Bertz CT molecular complexity index is 623. The highest BCUT2D eigenvalue weighted by Crippen LogP contribution is 2.34. The van der Waals surface area contributed by atoms with Gasteiger partial charge in [0, 0.05) is 19.3 Å². The Balaban J connectivity index is 2.01. The average molecular weight is 348 g/mol. The molecule has 0 saturated carbocycles. The maximum atomic E-state index is 12.6. The number of hydrogen-bond acceptors (Lipinski definition) is 5. The molecule has 0 spiro atoms. The monoisotopic (exact) mass is 347 g/mol. The van der Waals surface area contributed by atoms with E-state index in [2.05, 4.69) is 4.98 Å². The van der Waals surface area contributed by atoms with Gasteiger partial charge in [-0.15, -0.1) is 0 Å². The first kappa shape index (κ1) is 17.3. The number of carbonyl (C=O) groups is 1. The number of aromatic nitrogens is 1. The number of alkyl halides is 3. The molecule has 2 heterocycles. The van der Waals surface area contributed by atoms with Gasteiger partial charge in [0.15, 0.2) is 6.61 Å². The molecular formula is C14H13ClF3N3O2. The highest BCUT2D eigenvalue weighted by molar-refractivity contribution is 6.33. The summed E-state index contributed by atoms with van der Waals surface area (Å²) in [6.07, 6.45) is -2.83. The molecule has 1 aromatic heterocycles. The van der Waals surface area contributed by atoms with Gasteiger partial charge >= 0.3 is 12.1 Å². The van der Waals surface area contributed by atoms with Crippen molar-refractivity contribution >= 4 is 23.4 Å². The first-order chi connectivity index (χ1) is 10.8. The molecule has 0 radical (unpaired) electrons. The summed E-state index contributed by atoms with van der Waals surface area (Å²) in [6, 6.07) is 2.57. The number of nitrogens with zero attached hydrogens (tertiary/aromatic N) is 3. The Hall–Kier alpha value is -2.01. The molecule has 0 aliphatic carbocycles. The van der Waals surface area contributed by atoms with Crippen molar-refractivity contribution in [3.05, 3.63) is 22.8 Å². The topological polar surface area (TPSA) is 66.2 Å². The van der Waals surface area contributed by atoms with E-state index in [4.69, 9.17) is 21.6 Å². The van der Waals surface area contributed by atoms with Gasteiger partial charge in [-0.25, -0.2) is 4.98 Å². The highest BCUT2D eigenvalue weighted by Gasteiger charge is 2.33. The summed E-state index contributed by atoms with van der Waals surface area (Å²) in [6.45, 7) is 0.556. The number of ether oxygens (including phenoxy) is 1. The van der Waals surface area contributed by atoms with E-state index in [1.165, 1.54) is 0 Å². The first-order valence-corrected chi connectivity index (χ1v) is 7.22. The van der Waals surface area contributed by atoms with Crippen molar-refractivity contribution in [2.45, 2.75) is 19.0 Å². The van der Waals surface area contributed by atoms with Gasteiger partial charge in [-0.2, -0.15) is 18.4 Å². The summed E-state index contributed by atoms with van der Waals surface area (Å²) in [5, 5.41) is 8.30. The van der Waals surface area contributed by atoms with Crippen LogP contribution >= 0.6 is 11.6 Å². The molecule has 0 amide bonds. The summed E-state index contributed by atoms with van der Waals surface area (Å²) < 4.78 is 42.6. The van der Waals surface area contributed by atoms with Crippen molar-refractivity contribution in [1.82, 2.24) is 4.98 Å². The van der Waals surface area contributed by atoms with Crippen LogP contribution in [0.3, 0.4) is 0 Å². The predicted molar refractivity (Wildman–Crippen MR) is 75.8 cm³/mol. The van der Waals surface area contributed by atoms with Gasteiger partial charge in [0.05, 0.1) is 16.5 Å². The fraction of sp³-hybridized carbons (Fsp3) is 0.500. The fourth-order valence-electron chi connectivity index (χ4n) is 2.37. The van der Waals surface area contributed by atoms with Crippen LogP contribution in [0.1, 0.15) is 18.4 Å². The number of hydrogen-bond donors (Lipinski definition) is 0. The van der Waals surface area contributed by atoms with Gasteiger partial charge in [0.25, 0.3) is 0 Å². The largest absolute Gasteiger partial charge is 0.450 e. The molecule has 23 heavy (non-hydrogen) atoms. The Labute approximate surface area is 135 Å². The van der Waals surface area contributed by atoms with Gasteiger partial charge in [0.2, 0.25) is 0 Å². The molecule has 0 aromatic carbocycles. The van der Waals surface area contributed by atoms with Crippen LogP contribution in [0, 0.1) is 17.2 Å². The van der Waals surface area contributed by atoms with Crippen molar-refractivity contribution in [2.24, 2.45) is 5.92 Å². The standard InChI is InChI=1S/C14H13ClF3N3O2/c15-11-7-10(14(16,17)18)8-20-12(11)21-4-1-9(2-5-21)13(22)23-6-3-19/h7-9H,1-2,4-6H2. The van der Waals surface area contributed by atoms with Crippen molar-refractivity contribution in [2.75, 3.05) is 24.6 Å². The van der Waals surface area contributed by atoms with Crippen LogP contribution in [-0.2, 0) is 15.7 Å². The number of carbonyl (C=O) groups excluding carboxylic acids is 1. The van der Waals surface area contributed by atoms with E-state index in [1.54, 1.807) is 11.0 Å². The molecule has 1 aromatic rings. The van der Waals surface area contributed by atoms with Crippen LogP contribution in [-0.4, -0.2) is 30.6 Å². The van der Waals surface area contributed by atoms with Crippen molar-refractivity contribution in [3.63, 3.8) is 0 Å². The number of piperidine rings is 1. The molecular weight excluding hydrogens is 335 g/mol. The molecule has 5 nitrogen and oxygen atoms in total. The first-order valence-electron chi connectivity index (χ1n) is 6.84. The maximum absolute atomic E-state index is 12.6. The van der Waals surface area contributed by atoms with Crippen LogP contribution in [0.15, 0.2) is 12.3 Å². The SMILES string of the molecule is N#CCOC(=O)C1CCN(c2ncc(C(F)(F)F)cc2Cl)CC1. The summed E-state index contributed by atoms with van der Waals surface area (Å²) >= 11 is 5.90. The fourth-order valence-corrected chi connectivity index (χ4v) is 2.65. The summed E-state index contributed by atoms with van der Waals surface area (Å²) in [5.41, 5.74) is -0.902. The van der Waals surface area contributed by atoms with Crippen molar-refractivity contribution in [1.29, 1.82) is 5.26 Å². The zero-order valence-corrected chi connectivity index (χ0v) is 12.7. The number of pyridine rings is 1. The lowest BCUT2D eigenvalue weighted by molar-refractivity contribution is -0.147. The second-order valence-corrected chi connectivity index (χ2v) is 5.46. The molecule has 0 bridgehead atoms. The lowest BCUT2D eigenvalue weighted by atomic mass is 9.97. The van der Waals surface area contributed by atoms with Crippen LogP contribution in [0.5, 0.6) is 0 Å². The average Bonchev–Trinajstić information content (AvgIpc) is 2.52. The Morgan fingerprint density at radius 3 is 2.65 bits per heavy atom. The van der Waals surface area contributed by atoms with E-state index in [0.29, 0.717) is 25.9 Å². The molecule has 2 rings (SSSR count). The third-order valence-electron chi connectivity index (χ3n) is 3.56. The van der Waals surface area contributed by atoms with E-state index in [1.807, 2.05) is 0 Å². The van der Waals surface area contributed by atoms with Crippen LogP contribution in [0.25, 0.3) is 0 Å². The van der Waals surface area contributed by atoms with E-state index in [-0.39, 0.29) is 23.4 Å². The minimum absolute atomic E-state index is 0.0784. The minimum Gasteiger partial charge on any atom is -0.450 e. The van der Waals surface area contributed by atoms with E-state index in [9.17, 15) is 18.0 Å². The van der Waals surface area contributed by atoms with Crippen LogP contribution in [0.2, 0.25) is 5.02 Å². The van der Waals surface area contributed by atoms with Gasteiger partial charge in [-0.05, 0) is 18.9 Å². The van der Waals surface area contributed by atoms with Crippen LogP contribution in [0.4, 0.5) is 19.0 Å². The quantitative estimate of drug-likeness (QED) is 0.786. The molecule has 0 unspecified atom stereocenters. The van der Waals surface area contributed by atoms with Gasteiger partial charge in [-0.1, -0.05) is 11.6 Å². The molecule has 1 aliphatic heterocycles. The van der Waals surface area contributed by atoms with E-state index in [0.717, 1.165) is 12.3 Å². The zero-order valence-electron chi connectivity index (χ0n) is 11.9.